The molecule has 10 nitrogen and oxygen atoms in total. The molecule has 0 spiro atoms. The summed E-state index contributed by atoms with van der Waals surface area (Å²) in [6.07, 6.45) is 11.0. The number of halogens is 1. The Morgan fingerprint density at radius 2 is 1.76 bits per heavy atom. The minimum absolute atomic E-state index is 0.153. The molecule has 0 fully saturated rings. The number of nitrogens with two attached hydrogens (primary N) is 1. The Balaban J connectivity index is 0.000000648. The minimum atomic E-state index is -0.961. The number of carboxylic acids is 1. The van der Waals surface area contributed by atoms with E-state index in [4.69, 9.17) is 51.8 Å². The molecule has 0 amide bonds. The Labute approximate surface area is 272 Å². The molecule has 4 aromatic rings. The lowest BCUT2D eigenvalue weighted by Crippen LogP contribution is -2.15. The highest BCUT2D eigenvalue weighted by atomic mass is 35.5. The molecule has 0 radical (unpaired) electrons. The summed E-state index contributed by atoms with van der Waals surface area (Å²) in [7, 11) is 0. The summed E-state index contributed by atoms with van der Waals surface area (Å²) >= 11 is 6.53. The zero-order valence-corrected chi connectivity index (χ0v) is 26.0. The van der Waals surface area contributed by atoms with Crippen LogP contribution in [0.1, 0.15) is 34.2 Å². The molecular weight excluding hydrogens is 610 g/mol. The number of ether oxygens (including phenoxy) is 4. The van der Waals surface area contributed by atoms with Gasteiger partial charge < -0.3 is 34.9 Å². The number of hydrogen-bond acceptors (Lipinski definition) is 9. The van der Waals surface area contributed by atoms with Crippen LogP contribution in [0.3, 0.4) is 0 Å². The van der Waals surface area contributed by atoms with Crippen LogP contribution in [0.25, 0.3) is 11.1 Å². The van der Waals surface area contributed by atoms with Crippen molar-refractivity contribution in [1.82, 2.24) is 4.98 Å². The fourth-order valence-corrected chi connectivity index (χ4v) is 4.62. The lowest BCUT2D eigenvalue weighted by Gasteiger charge is -2.20. The lowest BCUT2D eigenvalue weighted by molar-refractivity contribution is -0.137. The van der Waals surface area contributed by atoms with Crippen LogP contribution < -0.4 is 24.7 Å². The molecule has 1 aliphatic rings. The van der Waals surface area contributed by atoms with Crippen molar-refractivity contribution in [3.63, 3.8) is 0 Å². The Kier molecular flexibility index (Phi) is 13.7. The van der Waals surface area contributed by atoms with Gasteiger partial charge >= 0.3 is 5.97 Å². The van der Waals surface area contributed by atoms with E-state index >= 15 is 0 Å². The predicted molar refractivity (Wildman–Crippen MR) is 174 cm³/mol. The van der Waals surface area contributed by atoms with E-state index in [1.807, 2.05) is 30.3 Å². The second-order valence-corrected chi connectivity index (χ2v) is 10.1. The monoisotopic (exact) mass is 643 g/mol. The van der Waals surface area contributed by atoms with Crippen LogP contribution in [0, 0.1) is 31.1 Å². The highest BCUT2D eigenvalue weighted by Crippen LogP contribution is 2.37. The van der Waals surface area contributed by atoms with Crippen molar-refractivity contribution in [3.05, 3.63) is 99.8 Å². The third-order valence-corrected chi connectivity index (χ3v) is 6.96. The smallest absolute Gasteiger partial charge is 0.305 e. The molecule has 0 aliphatic carbocycles. The molecule has 0 unspecified atom stereocenters. The second kappa shape index (κ2) is 17.9. The van der Waals surface area contributed by atoms with E-state index in [-0.39, 0.29) is 26.2 Å². The van der Waals surface area contributed by atoms with E-state index in [0.29, 0.717) is 41.9 Å². The Bertz CT molecular complexity index is 1700. The molecule has 4 N–H and O–H groups in total. The number of aliphatic carboxylic acids is 1. The van der Waals surface area contributed by atoms with Crippen LogP contribution in [0.2, 0.25) is 5.02 Å². The van der Waals surface area contributed by atoms with Gasteiger partial charge in [0.15, 0.2) is 11.5 Å². The maximum Gasteiger partial charge on any atom is 0.305 e. The lowest BCUT2D eigenvalue weighted by atomic mass is 9.96. The van der Waals surface area contributed by atoms with Crippen molar-refractivity contribution in [2.75, 3.05) is 19.8 Å². The first-order chi connectivity index (χ1) is 22.3. The summed E-state index contributed by atoms with van der Waals surface area (Å²) in [6.45, 7) is 3.71. The van der Waals surface area contributed by atoms with E-state index in [1.165, 1.54) is 6.20 Å². The molecule has 1 aliphatic heterocycles. The first-order valence-corrected chi connectivity index (χ1v) is 14.5. The fraction of sp³-hybridized carbons (Fsp3) is 0.229. The van der Waals surface area contributed by atoms with Gasteiger partial charge in [0.25, 0.3) is 0 Å². The Morgan fingerprint density at radius 1 is 1.02 bits per heavy atom. The first kappa shape index (κ1) is 35.2. The first-order valence-electron chi connectivity index (χ1n) is 14.1. The van der Waals surface area contributed by atoms with Gasteiger partial charge in [-0.05, 0) is 53.4 Å². The molecule has 46 heavy (non-hydrogen) atoms. The summed E-state index contributed by atoms with van der Waals surface area (Å²) in [5, 5.41) is 25.2. The highest BCUT2D eigenvalue weighted by Gasteiger charge is 2.16. The van der Waals surface area contributed by atoms with Gasteiger partial charge in [-0.3, -0.25) is 9.78 Å². The SMILES string of the molecule is C#C.Cc1c(COc2cc(OCc3cncc(C#N)c3)c(CN)cc2Cl)cccc1-c1ccc2c(c1)OCCO2.O=C(O)CCO. The molecule has 3 aromatic carbocycles. The number of pyridine rings is 1. The van der Waals surface area contributed by atoms with E-state index in [0.717, 1.165) is 44.9 Å². The highest BCUT2D eigenvalue weighted by molar-refractivity contribution is 6.32. The molecule has 5 rings (SSSR count). The summed E-state index contributed by atoms with van der Waals surface area (Å²) in [4.78, 5) is 13.5. The van der Waals surface area contributed by atoms with E-state index in [2.05, 4.69) is 36.9 Å². The molecule has 0 atom stereocenters. The second-order valence-electron chi connectivity index (χ2n) is 9.68. The average Bonchev–Trinajstić information content (AvgIpc) is 3.08. The maximum atomic E-state index is 9.44. The van der Waals surface area contributed by atoms with Gasteiger partial charge in [-0.2, -0.15) is 5.26 Å². The largest absolute Gasteiger partial charge is 0.488 e. The molecule has 238 valence electrons. The van der Waals surface area contributed by atoms with Crippen molar-refractivity contribution >= 4 is 17.6 Å². The van der Waals surface area contributed by atoms with Crippen molar-refractivity contribution in [2.45, 2.75) is 33.1 Å². The van der Waals surface area contributed by atoms with Crippen LogP contribution in [-0.4, -0.2) is 41.0 Å². The molecule has 1 aromatic heterocycles. The predicted octanol–water partition coefficient (Wildman–Crippen LogP) is 5.67. The van der Waals surface area contributed by atoms with Crippen molar-refractivity contribution in [1.29, 1.82) is 5.26 Å². The number of aliphatic hydroxyl groups excluding tert-OH is 1. The number of nitriles is 1. The number of aromatic nitrogens is 1. The van der Waals surface area contributed by atoms with Gasteiger partial charge in [-0.25, -0.2) is 0 Å². The average molecular weight is 644 g/mol. The Hall–Kier alpha value is -5.26. The number of aliphatic hydroxyl groups is 1. The quantitative estimate of drug-likeness (QED) is 0.184. The number of hydrogen-bond donors (Lipinski definition) is 3. The van der Waals surface area contributed by atoms with Crippen molar-refractivity contribution < 1.29 is 34.0 Å². The van der Waals surface area contributed by atoms with E-state index in [1.54, 1.807) is 24.4 Å². The molecule has 0 saturated heterocycles. The number of terminal acetylenes is 1. The van der Waals surface area contributed by atoms with Crippen LogP contribution in [0.15, 0.2) is 67.0 Å². The van der Waals surface area contributed by atoms with Gasteiger partial charge in [0.1, 0.15) is 44.0 Å². The number of benzene rings is 3. The summed E-state index contributed by atoms with van der Waals surface area (Å²) in [6, 6.07) is 19.4. The summed E-state index contributed by atoms with van der Waals surface area (Å²) in [5.41, 5.74) is 12.2. The number of nitrogens with zero attached hydrogens (tertiary/aromatic N) is 2. The number of carboxylic acid groups (broad SMARTS) is 1. The molecular formula is C35H34ClN3O7. The number of fused-ring (bicyclic) bond motifs is 1. The summed E-state index contributed by atoms with van der Waals surface area (Å²) in [5.74, 6) is 1.62. The zero-order valence-electron chi connectivity index (χ0n) is 25.2. The van der Waals surface area contributed by atoms with Crippen LogP contribution in [0.5, 0.6) is 23.0 Å². The van der Waals surface area contributed by atoms with Gasteiger partial charge in [0.2, 0.25) is 0 Å². The van der Waals surface area contributed by atoms with E-state index in [9.17, 15) is 4.79 Å². The van der Waals surface area contributed by atoms with E-state index < -0.39 is 5.97 Å². The summed E-state index contributed by atoms with van der Waals surface area (Å²) < 4.78 is 23.6. The fourth-order valence-electron chi connectivity index (χ4n) is 4.38. The Morgan fingerprint density at radius 3 is 2.43 bits per heavy atom. The molecule has 11 heteroatoms. The zero-order chi connectivity index (χ0) is 33.5. The van der Waals surface area contributed by atoms with Crippen LogP contribution in [0.4, 0.5) is 0 Å². The van der Waals surface area contributed by atoms with Crippen LogP contribution >= 0.6 is 11.6 Å². The normalized spacial score (nSPS) is 11.1. The third-order valence-electron chi connectivity index (χ3n) is 6.66. The molecule has 2 heterocycles. The molecule has 0 saturated carbocycles. The number of rotatable bonds is 10. The van der Waals surface area contributed by atoms with Gasteiger partial charge in [-0.15, -0.1) is 12.8 Å². The van der Waals surface area contributed by atoms with Crippen molar-refractivity contribution in [3.8, 4) is 53.0 Å². The third kappa shape index (κ3) is 9.62. The standard InChI is InChI=1S/C30H26ClN3O4.C3H6O3.C2H2/c1-19-23(3-2-4-25(19)22-5-6-27-30(11-22)36-8-7-35-27)18-38-29-12-28(24(14-33)10-26(29)31)37-17-21-9-20(13-32)15-34-16-21;4-2-1-3(5)6;1-2/h2-6,9-12,15-16H,7-8,14,17-18,33H2,1H3;4H,1-2H2,(H,5,6);1-2H. The van der Waals surface area contributed by atoms with Gasteiger partial charge in [0.05, 0.1) is 23.6 Å². The van der Waals surface area contributed by atoms with Gasteiger partial charge in [0, 0.05) is 36.1 Å². The van der Waals surface area contributed by atoms with Crippen LogP contribution in [-0.2, 0) is 24.6 Å². The maximum absolute atomic E-state index is 9.44. The van der Waals surface area contributed by atoms with Crippen molar-refractivity contribution in [2.24, 2.45) is 5.73 Å². The number of carbonyl (C=O) groups is 1. The topological polar surface area (TPSA) is 157 Å². The molecule has 0 bridgehead atoms. The minimum Gasteiger partial charge on any atom is -0.488 e. The van der Waals surface area contributed by atoms with Gasteiger partial charge in [-0.1, -0.05) is 35.9 Å².